The van der Waals surface area contributed by atoms with Gasteiger partial charge < -0.3 is 32.5 Å². The molecule has 0 saturated heterocycles. The number of hydrogen-bond donors (Lipinski definition) is 6. The molecule has 0 aromatic heterocycles. The Bertz CT molecular complexity index is 1020. The Morgan fingerprint density at radius 2 is 1.26 bits per heavy atom. The van der Waals surface area contributed by atoms with Crippen molar-refractivity contribution in [3.63, 3.8) is 0 Å². The molecule has 38 heavy (non-hydrogen) atoms. The third kappa shape index (κ3) is 17.5. The van der Waals surface area contributed by atoms with Gasteiger partial charge in [0.15, 0.2) is 0 Å². The van der Waals surface area contributed by atoms with Gasteiger partial charge in [0, 0.05) is 5.56 Å². The van der Waals surface area contributed by atoms with E-state index in [-0.39, 0.29) is 0 Å². The lowest BCUT2D eigenvalue weighted by Crippen LogP contribution is -2.29. The largest absolute Gasteiger partial charge is 0.480 e. The van der Waals surface area contributed by atoms with Gasteiger partial charge in [0.2, 0.25) is 0 Å². The quantitative estimate of drug-likeness (QED) is 0.171. The molecule has 3 aromatic rings. The molecule has 3 rings (SSSR count). The van der Waals surface area contributed by atoms with E-state index < -0.39 is 24.6 Å². The molecule has 206 valence electrons. The lowest BCUT2D eigenvalue weighted by Gasteiger charge is -2.03. The zero-order valence-electron chi connectivity index (χ0n) is 21.5. The minimum Gasteiger partial charge on any atom is -0.480 e. The molecule has 0 aliphatic heterocycles. The van der Waals surface area contributed by atoms with Gasteiger partial charge in [-0.3, -0.25) is 9.59 Å². The Balaban J connectivity index is 0.000000510. The van der Waals surface area contributed by atoms with E-state index in [0.717, 1.165) is 37.7 Å². The highest BCUT2D eigenvalue weighted by atomic mass is 16.4. The molecule has 9 nitrogen and oxygen atoms in total. The van der Waals surface area contributed by atoms with Crippen molar-refractivity contribution in [2.45, 2.75) is 31.7 Å². The number of aliphatic hydroxyl groups excluding tert-OH is 1. The van der Waals surface area contributed by atoms with Crippen LogP contribution in [0.25, 0.3) is 11.1 Å². The topological polar surface area (TPSA) is 190 Å². The van der Waals surface area contributed by atoms with E-state index in [0.29, 0.717) is 18.5 Å². The zero-order valence-corrected chi connectivity index (χ0v) is 21.5. The number of aliphatic hydroxyl groups is 1. The summed E-state index contributed by atoms with van der Waals surface area (Å²) in [7, 11) is 0. The van der Waals surface area contributed by atoms with E-state index in [9.17, 15) is 9.59 Å². The van der Waals surface area contributed by atoms with Gasteiger partial charge in [-0.25, -0.2) is 4.79 Å². The van der Waals surface area contributed by atoms with E-state index in [4.69, 9.17) is 37.3 Å². The summed E-state index contributed by atoms with van der Waals surface area (Å²) in [4.78, 5) is 29.7. The number of rotatable bonds is 10. The number of carboxylic acid groups (broad SMARTS) is 2. The third-order valence-electron chi connectivity index (χ3n) is 4.85. The number of carboxylic acids is 2. The summed E-state index contributed by atoms with van der Waals surface area (Å²) in [5.41, 5.74) is 20.1. The first-order valence-corrected chi connectivity index (χ1v) is 12.1. The minimum absolute atomic E-state index is 0.520. The molecule has 3 aromatic carbocycles. The van der Waals surface area contributed by atoms with Gasteiger partial charge in [0.1, 0.15) is 18.9 Å². The maximum absolute atomic E-state index is 10.5. The lowest BCUT2D eigenvalue weighted by atomic mass is 10.0. The van der Waals surface area contributed by atoms with Crippen molar-refractivity contribution in [1.82, 2.24) is 0 Å². The molecule has 0 saturated carbocycles. The maximum Gasteiger partial charge on any atom is 0.329 e. The van der Waals surface area contributed by atoms with Crippen LogP contribution in [0.2, 0.25) is 0 Å². The van der Waals surface area contributed by atoms with Crippen molar-refractivity contribution >= 4 is 18.2 Å². The van der Waals surface area contributed by atoms with Crippen LogP contribution < -0.4 is 17.2 Å². The summed E-state index contributed by atoms with van der Waals surface area (Å²) >= 11 is 0. The first-order valence-electron chi connectivity index (χ1n) is 12.1. The highest BCUT2D eigenvalue weighted by molar-refractivity contribution is 5.76. The highest BCUT2D eigenvalue weighted by Crippen LogP contribution is 2.18. The summed E-state index contributed by atoms with van der Waals surface area (Å²) in [6, 6.07) is 27.2. The molecular formula is C29H39N3O6. The van der Waals surface area contributed by atoms with Crippen LogP contribution in [0, 0.1) is 0 Å². The SMILES string of the molecule is NCCCC[C@H](N)C(=O)O.NCCc1ccccc1.O=C(O)CO.O=Cc1ccc(-c2ccccc2)cc1. The van der Waals surface area contributed by atoms with E-state index in [1.54, 1.807) is 0 Å². The van der Waals surface area contributed by atoms with Crippen molar-refractivity contribution in [1.29, 1.82) is 0 Å². The molecule has 0 bridgehead atoms. The van der Waals surface area contributed by atoms with E-state index in [1.807, 2.05) is 60.7 Å². The summed E-state index contributed by atoms with van der Waals surface area (Å²) in [6.07, 6.45) is 4.01. The number of benzene rings is 3. The second kappa shape index (κ2) is 22.3. The number of unbranched alkanes of at least 4 members (excludes halogenated alkanes) is 1. The van der Waals surface area contributed by atoms with Crippen LogP contribution in [-0.2, 0) is 16.0 Å². The van der Waals surface area contributed by atoms with Gasteiger partial charge >= 0.3 is 11.9 Å². The Labute approximate surface area is 223 Å². The fourth-order valence-corrected chi connectivity index (χ4v) is 2.83. The molecule has 9 N–H and O–H groups in total. The Hall–Kier alpha value is -3.89. The van der Waals surface area contributed by atoms with Crippen molar-refractivity contribution in [3.8, 4) is 11.1 Å². The molecule has 0 aliphatic rings. The number of aliphatic carboxylic acids is 2. The lowest BCUT2D eigenvalue weighted by molar-refractivity contribution is -0.140. The second-order valence-corrected chi connectivity index (χ2v) is 7.91. The van der Waals surface area contributed by atoms with Gasteiger partial charge in [-0.15, -0.1) is 0 Å². The van der Waals surface area contributed by atoms with E-state index in [1.165, 1.54) is 11.1 Å². The fourth-order valence-electron chi connectivity index (χ4n) is 2.83. The number of carbonyl (C=O) groups excluding carboxylic acids is 1. The minimum atomic E-state index is -1.19. The van der Waals surface area contributed by atoms with Crippen molar-refractivity contribution < 1.29 is 29.7 Å². The number of nitrogens with two attached hydrogens (primary N) is 3. The van der Waals surface area contributed by atoms with Crippen molar-refractivity contribution in [2.75, 3.05) is 19.7 Å². The molecule has 0 fully saturated rings. The van der Waals surface area contributed by atoms with Crippen LogP contribution in [-0.4, -0.2) is 59.3 Å². The predicted octanol–water partition coefficient (Wildman–Crippen LogP) is 2.94. The Morgan fingerprint density at radius 1 is 0.763 bits per heavy atom. The number of hydrogen-bond acceptors (Lipinski definition) is 7. The Kier molecular flexibility index (Phi) is 20.0. The van der Waals surface area contributed by atoms with Crippen LogP contribution in [0.15, 0.2) is 84.9 Å². The Morgan fingerprint density at radius 3 is 1.68 bits per heavy atom. The molecule has 0 spiro atoms. The van der Waals surface area contributed by atoms with E-state index in [2.05, 4.69) is 24.3 Å². The van der Waals surface area contributed by atoms with Crippen LogP contribution in [0.4, 0.5) is 0 Å². The molecule has 0 radical (unpaired) electrons. The molecule has 0 unspecified atom stereocenters. The summed E-state index contributed by atoms with van der Waals surface area (Å²) in [5.74, 6) is -2.12. The molecule has 9 heteroatoms. The maximum atomic E-state index is 10.5. The molecular weight excluding hydrogens is 486 g/mol. The van der Waals surface area contributed by atoms with Gasteiger partial charge in [0.05, 0.1) is 0 Å². The normalized spacial score (nSPS) is 10.2. The molecule has 0 aliphatic carbocycles. The summed E-state index contributed by atoms with van der Waals surface area (Å²) in [6.45, 7) is 0.566. The third-order valence-corrected chi connectivity index (χ3v) is 4.85. The van der Waals surface area contributed by atoms with Gasteiger partial charge in [-0.2, -0.15) is 0 Å². The van der Waals surface area contributed by atoms with Gasteiger partial charge in [-0.1, -0.05) is 91.3 Å². The first kappa shape index (κ1) is 34.1. The van der Waals surface area contributed by atoms with Crippen molar-refractivity contribution in [3.05, 3.63) is 96.1 Å². The average Bonchev–Trinajstić information content (AvgIpc) is 2.95. The highest BCUT2D eigenvalue weighted by Gasteiger charge is 2.09. The number of carbonyl (C=O) groups is 3. The van der Waals surface area contributed by atoms with Crippen molar-refractivity contribution in [2.24, 2.45) is 17.2 Å². The molecule has 0 heterocycles. The van der Waals surface area contributed by atoms with Gasteiger partial charge in [0.25, 0.3) is 0 Å². The van der Waals surface area contributed by atoms with Crippen LogP contribution in [0.5, 0.6) is 0 Å². The fraction of sp³-hybridized carbons (Fsp3) is 0.276. The second-order valence-electron chi connectivity index (χ2n) is 7.91. The summed E-state index contributed by atoms with van der Waals surface area (Å²) in [5, 5.41) is 23.3. The monoisotopic (exact) mass is 525 g/mol. The van der Waals surface area contributed by atoms with Crippen LogP contribution in [0.1, 0.15) is 35.2 Å². The van der Waals surface area contributed by atoms with E-state index >= 15 is 0 Å². The van der Waals surface area contributed by atoms with Gasteiger partial charge in [-0.05, 0) is 49.0 Å². The standard InChI is InChI=1S/C13H10O.C8H11N.C6H14N2O2.C2H4O3/c14-10-11-6-8-13(9-7-11)12-4-2-1-3-5-12;9-7-6-8-4-2-1-3-5-8;7-4-2-1-3-5(8)6(9)10;3-1-2(4)5/h1-10H;1-5H,6-7,9H2;5H,1-4,7-8H2,(H,9,10);3H,1H2,(H,4,5)/t;;5-;/m..0./s1. The zero-order chi connectivity index (χ0) is 28.6. The van der Waals surface area contributed by atoms with Crippen LogP contribution in [0.3, 0.4) is 0 Å². The molecule has 0 amide bonds. The summed E-state index contributed by atoms with van der Waals surface area (Å²) < 4.78 is 0. The smallest absolute Gasteiger partial charge is 0.329 e. The first-order chi connectivity index (χ1) is 18.3. The van der Waals surface area contributed by atoms with Crippen LogP contribution >= 0.6 is 0 Å². The number of aldehydes is 1. The predicted molar refractivity (Wildman–Crippen MR) is 150 cm³/mol. The average molecular weight is 526 g/mol. The molecule has 1 atom stereocenters.